The van der Waals surface area contributed by atoms with Crippen molar-refractivity contribution >= 4 is 23.7 Å². The maximum Gasteiger partial charge on any atom is 0.513 e. The van der Waals surface area contributed by atoms with Gasteiger partial charge < -0.3 is 20.1 Å². The monoisotopic (exact) mass is 408 g/mol. The van der Waals surface area contributed by atoms with E-state index in [1.807, 2.05) is 18.2 Å². The van der Waals surface area contributed by atoms with Crippen LogP contribution in [0.15, 0.2) is 60.7 Å². The van der Waals surface area contributed by atoms with Gasteiger partial charge in [0.15, 0.2) is 0 Å². The summed E-state index contributed by atoms with van der Waals surface area (Å²) in [7, 11) is 0. The zero-order chi connectivity index (χ0) is 21.3. The first-order valence-corrected chi connectivity index (χ1v) is 9.84. The number of ether oxygens (including phenoxy) is 2. The van der Waals surface area contributed by atoms with Crippen molar-refractivity contribution in [2.75, 3.05) is 11.9 Å². The molecule has 7 heteroatoms. The first-order chi connectivity index (χ1) is 14.5. The van der Waals surface area contributed by atoms with Crippen molar-refractivity contribution in [3.63, 3.8) is 0 Å². The Hall–Kier alpha value is -3.61. The number of hydrogen-bond acceptors (Lipinski definition) is 5. The van der Waals surface area contributed by atoms with Crippen LogP contribution in [0.2, 0.25) is 0 Å². The number of anilines is 1. The van der Waals surface area contributed by atoms with Crippen molar-refractivity contribution in [2.24, 2.45) is 5.92 Å². The molecular weight excluding hydrogens is 384 g/mol. The van der Waals surface area contributed by atoms with Crippen LogP contribution in [0.3, 0.4) is 0 Å². The molecule has 1 fully saturated rings. The maximum absolute atomic E-state index is 12.4. The van der Waals surface area contributed by atoms with Crippen LogP contribution in [0.1, 0.15) is 35.7 Å². The van der Waals surface area contributed by atoms with Gasteiger partial charge in [0, 0.05) is 17.8 Å². The minimum atomic E-state index is -0.787. The molecule has 0 spiro atoms. The molecule has 0 bridgehead atoms. The van der Waals surface area contributed by atoms with Crippen LogP contribution in [0.4, 0.5) is 10.5 Å². The van der Waals surface area contributed by atoms with Crippen LogP contribution in [-0.2, 0) is 16.1 Å². The van der Waals surface area contributed by atoms with Gasteiger partial charge in [-0.05, 0) is 73.7 Å². The van der Waals surface area contributed by atoms with E-state index in [2.05, 4.69) is 10.6 Å². The zero-order valence-corrected chi connectivity index (χ0v) is 16.7. The fourth-order valence-corrected chi connectivity index (χ4v) is 2.59. The average molecular weight is 408 g/mol. The second-order valence-corrected chi connectivity index (χ2v) is 6.87. The molecule has 3 rings (SSSR count). The molecular formula is C23H24N2O5. The number of rotatable bonds is 8. The van der Waals surface area contributed by atoms with E-state index in [-0.39, 0.29) is 18.4 Å². The first kappa shape index (κ1) is 21.1. The highest BCUT2D eigenvalue weighted by atomic mass is 16.7. The zero-order valence-electron chi connectivity index (χ0n) is 16.7. The predicted octanol–water partition coefficient (Wildman–Crippen LogP) is 4.06. The molecule has 0 aromatic heterocycles. The SMILES string of the molecule is CCOC(=O)Oc1ccc(C(=O)Nc2ccc(CNC(=O)/C=C/C3CC3)cc2)cc1. The number of allylic oxidation sites excluding steroid dienone is 1. The molecule has 2 N–H and O–H groups in total. The summed E-state index contributed by atoms with van der Waals surface area (Å²) in [5.74, 6) is 0.474. The summed E-state index contributed by atoms with van der Waals surface area (Å²) >= 11 is 0. The van der Waals surface area contributed by atoms with Crippen molar-refractivity contribution in [3.05, 3.63) is 71.8 Å². The predicted molar refractivity (Wildman–Crippen MR) is 112 cm³/mol. The smallest absolute Gasteiger partial charge is 0.434 e. The average Bonchev–Trinajstić information content (AvgIpc) is 3.57. The molecule has 0 radical (unpaired) electrons. The van der Waals surface area contributed by atoms with Gasteiger partial charge in [0.25, 0.3) is 5.91 Å². The Balaban J connectivity index is 1.47. The molecule has 1 aliphatic carbocycles. The number of carbonyl (C=O) groups is 3. The van der Waals surface area contributed by atoms with Crippen LogP contribution in [0, 0.1) is 5.92 Å². The highest BCUT2D eigenvalue weighted by molar-refractivity contribution is 6.04. The van der Waals surface area contributed by atoms with E-state index in [4.69, 9.17) is 9.47 Å². The highest BCUT2D eigenvalue weighted by Gasteiger charge is 2.17. The van der Waals surface area contributed by atoms with E-state index in [9.17, 15) is 14.4 Å². The summed E-state index contributed by atoms with van der Waals surface area (Å²) in [6, 6.07) is 13.4. The Morgan fingerprint density at radius 1 is 1.03 bits per heavy atom. The quantitative estimate of drug-likeness (QED) is 0.390. The molecule has 0 heterocycles. The molecule has 1 aliphatic rings. The Bertz CT molecular complexity index is 916. The third-order valence-corrected chi connectivity index (χ3v) is 4.40. The Labute approximate surface area is 175 Å². The van der Waals surface area contributed by atoms with Crippen molar-refractivity contribution in [3.8, 4) is 5.75 Å². The molecule has 2 aromatic carbocycles. The lowest BCUT2D eigenvalue weighted by Gasteiger charge is -2.08. The van der Waals surface area contributed by atoms with Crippen LogP contribution < -0.4 is 15.4 Å². The fraction of sp³-hybridized carbons (Fsp3) is 0.261. The maximum atomic E-state index is 12.4. The van der Waals surface area contributed by atoms with Gasteiger partial charge in [-0.2, -0.15) is 0 Å². The van der Waals surface area contributed by atoms with Gasteiger partial charge in [0.2, 0.25) is 5.91 Å². The third kappa shape index (κ3) is 6.77. The van der Waals surface area contributed by atoms with Gasteiger partial charge in [-0.3, -0.25) is 9.59 Å². The van der Waals surface area contributed by atoms with Crippen molar-refractivity contribution in [1.29, 1.82) is 0 Å². The highest BCUT2D eigenvalue weighted by Crippen LogP contribution is 2.29. The second-order valence-electron chi connectivity index (χ2n) is 6.87. The fourth-order valence-electron chi connectivity index (χ4n) is 2.59. The van der Waals surface area contributed by atoms with E-state index in [1.54, 1.807) is 37.3 Å². The van der Waals surface area contributed by atoms with Crippen molar-refractivity contribution < 1.29 is 23.9 Å². The standard InChI is InChI=1S/C23H24N2O5/c1-2-29-23(28)30-20-12-8-18(9-13-20)22(27)25-19-10-5-17(6-11-19)15-24-21(26)14-7-16-3-4-16/h5-14,16H,2-4,15H2,1H3,(H,24,26)(H,25,27)/b14-7+. The van der Waals surface area contributed by atoms with Gasteiger partial charge in [-0.1, -0.05) is 18.2 Å². The summed E-state index contributed by atoms with van der Waals surface area (Å²) in [4.78, 5) is 35.4. The van der Waals surface area contributed by atoms with Gasteiger partial charge in [0.05, 0.1) is 6.61 Å². The molecule has 30 heavy (non-hydrogen) atoms. The van der Waals surface area contributed by atoms with Gasteiger partial charge >= 0.3 is 6.16 Å². The van der Waals surface area contributed by atoms with Crippen LogP contribution in [0.25, 0.3) is 0 Å². The van der Waals surface area contributed by atoms with Crippen LogP contribution in [0.5, 0.6) is 5.75 Å². The summed E-state index contributed by atoms with van der Waals surface area (Å²) in [6.45, 7) is 2.33. The third-order valence-electron chi connectivity index (χ3n) is 4.40. The molecule has 156 valence electrons. The molecule has 2 aromatic rings. The Morgan fingerprint density at radius 2 is 1.73 bits per heavy atom. The van der Waals surface area contributed by atoms with Crippen molar-refractivity contribution in [1.82, 2.24) is 5.32 Å². The lowest BCUT2D eigenvalue weighted by Crippen LogP contribution is -2.20. The molecule has 0 unspecified atom stereocenters. The van der Waals surface area contributed by atoms with Gasteiger partial charge in [0.1, 0.15) is 5.75 Å². The molecule has 0 aliphatic heterocycles. The molecule has 0 saturated heterocycles. The number of nitrogens with one attached hydrogen (secondary N) is 2. The van der Waals surface area contributed by atoms with E-state index in [0.717, 1.165) is 5.56 Å². The summed E-state index contributed by atoms with van der Waals surface area (Å²) in [5, 5.41) is 5.64. The van der Waals surface area contributed by atoms with E-state index < -0.39 is 6.16 Å². The lowest BCUT2D eigenvalue weighted by atomic mass is 10.1. The number of carbonyl (C=O) groups excluding carboxylic acids is 3. The normalized spacial score (nSPS) is 13.0. The Morgan fingerprint density at radius 3 is 2.37 bits per heavy atom. The summed E-state index contributed by atoms with van der Waals surface area (Å²) in [6.07, 6.45) is 5.09. The van der Waals surface area contributed by atoms with E-state index >= 15 is 0 Å². The summed E-state index contributed by atoms with van der Waals surface area (Å²) < 4.78 is 9.66. The molecule has 7 nitrogen and oxygen atoms in total. The van der Waals surface area contributed by atoms with Gasteiger partial charge in [-0.15, -0.1) is 0 Å². The van der Waals surface area contributed by atoms with Crippen LogP contribution >= 0.6 is 0 Å². The molecule has 0 atom stereocenters. The Kier molecular flexibility index (Phi) is 7.21. The topological polar surface area (TPSA) is 93.7 Å². The van der Waals surface area contributed by atoms with E-state index in [1.165, 1.54) is 25.0 Å². The largest absolute Gasteiger partial charge is 0.513 e. The second kappa shape index (κ2) is 10.2. The lowest BCUT2D eigenvalue weighted by molar-refractivity contribution is -0.116. The van der Waals surface area contributed by atoms with Crippen molar-refractivity contribution in [2.45, 2.75) is 26.3 Å². The first-order valence-electron chi connectivity index (χ1n) is 9.84. The van der Waals surface area contributed by atoms with E-state index in [0.29, 0.717) is 29.5 Å². The number of benzene rings is 2. The van der Waals surface area contributed by atoms with Gasteiger partial charge in [-0.25, -0.2) is 4.79 Å². The number of amides is 2. The summed E-state index contributed by atoms with van der Waals surface area (Å²) in [5.41, 5.74) is 1.99. The minimum absolute atomic E-state index is 0.102. The number of hydrogen-bond donors (Lipinski definition) is 2. The molecule has 2 amide bonds. The van der Waals surface area contributed by atoms with Crippen LogP contribution in [-0.4, -0.2) is 24.6 Å². The molecule has 1 saturated carbocycles. The minimum Gasteiger partial charge on any atom is -0.434 e.